The van der Waals surface area contributed by atoms with Crippen LogP contribution in [-0.4, -0.2) is 15.8 Å². The quantitative estimate of drug-likeness (QED) is 0.292. The standard InChI is InChI=1S/C30H16BFN2/c32-17-12-14-25-21(16-17)20-13-15-27-28-30(20)33(25)26-11-4-2-8-22(26)31(28)23-9-5-7-19-18-6-1-3-10-24(18)34(27)29(19)23/h1-16H. The minimum absolute atomic E-state index is 0.136. The highest BCUT2D eigenvalue weighted by Gasteiger charge is 2.40. The highest BCUT2D eigenvalue weighted by molar-refractivity contribution is 7.00. The van der Waals surface area contributed by atoms with Crippen LogP contribution < -0.4 is 16.4 Å². The van der Waals surface area contributed by atoms with E-state index < -0.39 is 0 Å². The molecule has 0 bridgehead atoms. The second-order valence-electron chi connectivity index (χ2n) is 9.48. The van der Waals surface area contributed by atoms with Crippen molar-refractivity contribution in [1.82, 2.24) is 9.13 Å². The molecule has 7 aromatic rings. The number of rotatable bonds is 0. The molecule has 2 nitrogen and oxygen atoms in total. The summed E-state index contributed by atoms with van der Waals surface area (Å²) in [5.74, 6) is -0.197. The number of benzene rings is 5. The summed E-state index contributed by atoms with van der Waals surface area (Å²) in [4.78, 5) is 0. The molecule has 4 heterocycles. The van der Waals surface area contributed by atoms with Gasteiger partial charge in [0.05, 0.1) is 16.6 Å². The zero-order chi connectivity index (χ0) is 22.1. The van der Waals surface area contributed by atoms with Crippen molar-refractivity contribution in [3.8, 4) is 11.4 Å². The summed E-state index contributed by atoms with van der Waals surface area (Å²) in [6.45, 7) is 0.136. The van der Waals surface area contributed by atoms with Gasteiger partial charge in [-0.05, 0) is 52.8 Å². The number of hydrogen-bond acceptors (Lipinski definition) is 0. The lowest BCUT2D eigenvalue weighted by Crippen LogP contribution is -2.59. The summed E-state index contributed by atoms with van der Waals surface area (Å²) >= 11 is 0. The molecule has 5 aromatic carbocycles. The summed E-state index contributed by atoms with van der Waals surface area (Å²) in [5.41, 5.74) is 11.1. The Bertz CT molecular complexity index is 2050. The topological polar surface area (TPSA) is 9.86 Å². The van der Waals surface area contributed by atoms with Gasteiger partial charge in [0.1, 0.15) is 5.82 Å². The van der Waals surface area contributed by atoms with Gasteiger partial charge in [-0.25, -0.2) is 4.39 Å². The number of para-hydroxylation sites is 3. The second kappa shape index (κ2) is 5.60. The molecule has 2 aliphatic heterocycles. The first kappa shape index (κ1) is 17.2. The number of halogens is 1. The lowest BCUT2D eigenvalue weighted by atomic mass is 9.34. The van der Waals surface area contributed by atoms with Crippen LogP contribution in [-0.2, 0) is 0 Å². The van der Waals surface area contributed by atoms with E-state index in [-0.39, 0.29) is 12.5 Å². The van der Waals surface area contributed by atoms with Crippen LogP contribution >= 0.6 is 0 Å². The molecule has 0 unspecified atom stereocenters. The van der Waals surface area contributed by atoms with Gasteiger partial charge >= 0.3 is 0 Å². The Labute approximate surface area is 194 Å². The van der Waals surface area contributed by atoms with E-state index in [9.17, 15) is 4.39 Å². The van der Waals surface area contributed by atoms with E-state index in [2.05, 4.69) is 88.0 Å². The van der Waals surface area contributed by atoms with E-state index in [0.29, 0.717) is 0 Å². The zero-order valence-electron chi connectivity index (χ0n) is 18.1. The maximum absolute atomic E-state index is 14.4. The molecule has 0 atom stereocenters. The molecule has 0 fully saturated rings. The van der Waals surface area contributed by atoms with Gasteiger partial charge < -0.3 is 9.13 Å². The Morgan fingerprint density at radius 3 is 2.24 bits per heavy atom. The van der Waals surface area contributed by atoms with Gasteiger partial charge in [0, 0.05) is 38.4 Å². The van der Waals surface area contributed by atoms with Crippen molar-refractivity contribution in [2.45, 2.75) is 0 Å². The second-order valence-corrected chi connectivity index (χ2v) is 9.48. The Morgan fingerprint density at radius 2 is 1.26 bits per heavy atom. The number of hydrogen-bond donors (Lipinski definition) is 0. The van der Waals surface area contributed by atoms with Crippen LogP contribution in [0, 0.1) is 5.82 Å². The molecule has 0 saturated heterocycles. The predicted octanol–water partition coefficient (Wildman–Crippen LogP) is 5.16. The predicted molar refractivity (Wildman–Crippen MR) is 140 cm³/mol. The molecule has 2 aromatic heterocycles. The summed E-state index contributed by atoms with van der Waals surface area (Å²) in [5, 5.41) is 4.65. The van der Waals surface area contributed by atoms with Crippen molar-refractivity contribution in [2.75, 3.05) is 0 Å². The molecule has 0 aliphatic carbocycles. The Hall–Kier alpha value is -4.31. The van der Waals surface area contributed by atoms with Gasteiger partial charge in [0.15, 0.2) is 0 Å². The van der Waals surface area contributed by atoms with Crippen molar-refractivity contribution >= 4 is 66.7 Å². The summed E-state index contributed by atoms with van der Waals surface area (Å²) in [6, 6.07) is 33.7. The minimum atomic E-state index is -0.197. The van der Waals surface area contributed by atoms with Crippen molar-refractivity contribution in [1.29, 1.82) is 0 Å². The van der Waals surface area contributed by atoms with Gasteiger partial charge in [-0.3, -0.25) is 0 Å². The third-order valence-electron chi connectivity index (χ3n) is 7.96. The molecule has 0 radical (unpaired) electrons. The van der Waals surface area contributed by atoms with Crippen molar-refractivity contribution in [2.24, 2.45) is 0 Å². The van der Waals surface area contributed by atoms with Gasteiger partial charge in [-0.15, -0.1) is 0 Å². The molecule has 9 rings (SSSR count). The molecule has 34 heavy (non-hydrogen) atoms. The first-order valence-corrected chi connectivity index (χ1v) is 11.7. The van der Waals surface area contributed by atoms with Crippen LogP contribution in [0.25, 0.3) is 55.0 Å². The van der Waals surface area contributed by atoms with Crippen LogP contribution in [0.1, 0.15) is 0 Å². The van der Waals surface area contributed by atoms with Crippen molar-refractivity contribution < 1.29 is 4.39 Å². The van der Waals surface area contributed by atoms with Gasteiger partial charge in [0.2, 0.25) is 0 Å². The van der Waals surface area contributed by atoms with Crippen LogP contribution in [0.2, 0.25) is 0 Å². The lowest BCUT2D eigenvalue weighted by molar-refractivity contribution is 0.629. The molecule has 2 aliphatic rings. The SMILES string of the molecule is Fc1ccc2c(c1)c1ccc3c4c1n2-c1ccccc1B4c1cccc2c4ccccc4n-3c12. The fraction of sp³-hybridized carbons (Fsp3) is 0. The van der Waals surface area contributed by atoms with Crippen LogP contribution in [0.5, 0.6) is 0 Å². The number of aromatic nitrogens is 2. The van der Waals surface area contributed by atoms with Crippen LogP contribution in [0.15, 0.2) is 97.1 Å². The summed E-state index contributed by atoms with van der Waals surface area (Å²) in [7, 11) is 0. The maximum Gasteiger partial charge on any atom is 0.252 e. The first-order chi connectivity index (χ1) is 16.8. The Balaban J connectivity index is 1.61. The van der Waals surface area contributed by atoms with Gasteiger partial charge in [0.25, 0.3) is 6.71 Å². The smallest absolute Gasteiger partial charge is 0.252 e. The molecule has 0 N–H and O–H groups in total. The van der Waals surface area contributed by atoms with E-state index in [0.717, 1.165) is 16.3 Å². The van der Waals surface area contributed by atoms with E-state index >= 15 is 0 Å². The Morgan fingerprint density at radius 1 is 0.529 bits per heavy atom. The van der Waals surface area contributed by atoms with Gasteiger partial charge in [-0.2, -0.15) is 0 Å². The normalized spacial score (nSPS) is 13.4. The number of fused-ring (bicyclic) bond motifs is 11. The van der Waals surface area contributed by atoms with Crippen LogP contribution in [0.4, 0.5) is 4.39 Å². The van der Waals surface area contributed by atoms with E-state index in [1.165, 1.54) is 55.1 Å². The van der Waals surface area contributed by atoms with Crippen LogP contribution in [0.3, 0.4) is 0 Å². The lowest BCUT2D eigenvalue weighted by Gasteiger charge is -2.33. The van der Waals surface area contributed by atoms with Crippen molar-refractivity contribution in [3.63, 3.8) is 0 Å². The molecule has 4 heteroatoms. The minimum Gasteiger partial charge on any atom is -0.310 e. The third kappa shape index (κ3) is 1.77. The maximum atomic E-state index is 14.4. The highest BCUT2D eigenvalue weighted by atomic mass is 19.1. The largest absolute Gasteiger partial charge is 0.310 e. The zero-order valence-corrected chi connectivity index (χ0v) is 18.1. The van der Waals surface area contributed by atoms with Gasteiger partial charge in [-0.1, -0.05) is 60.7 Å². The summed E-state index contributed by atoms with van der Waals surface area (Å²) < 4.78 is 19.2. The molecular formula is C30H16BFN2. The Kier molecular flexibility index (Phi) is 2.83. The molecule has 0 amide bonds. The monoisotopic (exact) mass is 434 g/mol. The first-order valence-electron chi connectivity index (χ1n) is 11.7. The third-order valence-corrected chi connectivity index (χ3v) is 7.96. The molecule has 0 saturated carbocycles. The van der Waals surface area contributed by atoms with E-state index in [1.807, 2.05) is 6.07 Å². The molecular weight excluding hydrogens is 418 g/mol. The number of nitrogens with zero attached hydrogens (tertiary/aromatic N) is 2. The average molecular weight is 434 g/mol. The molecule has 156 valence electrons. The highest BCUT2D eigenvalue weighted by Crippen LogP contribution is 2.39. The van der Waals surface area contributed by atoms with Crippen molar-refractivity contribution in [3.05, 3.63) is 103 Å². The fourth-order valence-corrected chi connectivity index (χ4v) is 6.77. The molecule has 0 spiro atoms. The van der Waals surface area contributed by atoms with E-state index in [1.54, 1.807) is 12.1 Å². The van der Waals surface area contributed by atoms with E-state index in [4.69, 9.17) is 0 Å². The fourth-order valence-electron chi connectivity index (χ4n) is 6.77. The average Bonchev–Trinajstić information content (AvgIpc) is 3.39. The summed E-state index contributed by atoms with van der Waals surface area (Å²) in [6.07, 6.45) is 0.